The van der Waals surface area contributed by atoms with Crippen molar-refractivity contribution in [3.63, 3.8) is 0 Å². The van der Waals surface area contributed by atoms with Crippen molar-refractivity contribution < 1.29 is 4.79 Å². The van der Waals surface area contributed by atoms with E-state index in [-0.39, 0.29) is 0 Å². The molecule has 0 amide bonds. The van der Waals surface area contributed by atoms with Gasteiger partial charge in [-0.25, -0.2) is 4.79 Å². The van der Waals surface area contributed by atoms with Gasteiger partial charge < -0.3 is 0 Å². The normalized spacial score (nSPS) is 9.00. The Morgan fingerprint density at radius 1 is 1.80 bits per heavy atom. The molecule has 0 fully saturated rings. The minimum Gasteiger partial charge on any atom is -0.211 e. The van der Waals surface area contributed by atoms with Crippen LogP contribution in [-0.4, -0.2) is 6.08 Å². The molecule has 0 aliphatic carbocycles. The van der Waals surface area contributed by atoms with Crippen LogP contribution in [0.3, 0.4) is 0 Å². The number of aliphatic imine (C=N–C) groups is 1. The van der Waals surface area contributed by atoms with Gasteiger partial charge in [-0.15, -0.1) is 11.3 Å². The number of aryl methyl sites for hydroxylation is 1. The van der Waals surface area contributed by atoms with Crippen LogP contribution in [0.5, 0.6) is 0 Å². The lowest BCUT2D eigenvalue weighted by Gasteiger charge is -1.84. The zero-order valence-electron chi connectivity index (χ0n) is 5.22. The van der Waals surface area contributed by atoms with Crippen LogP contribution in [0, 0.1) is 6.92 Å². The highest BCUT2D eigenvalue weighted by molar-refractivity contribution is 7.15. The van der Waals surface area contributed by atoms with Crippen molar-refractivity contribution in [2.45, 2.75) is 6.92 Å². The smallest absolute Gasteiger partial charge is 0.211 e. The highest BCUT2D eigenvalue weighted by atomic mass is 35.5. The maximum atomic E-state index is 9.83. The van der Waals surface area contributed by atoms with Gasteiger partial charge in [-0.2, -0.15) is 4.99 Å². The summed E-state index contributed by atoms with van der Waals surface area (Å²) in [6.45, 7) is 1.85. The summed E-state index contributed by atoms with van der Waals surface area (Å²) in [6.07, 6.45) is 1.45. The Labute approximate surface area is 67.2 Å². The van der Waals surface area contributed by atoms with Crippen LogP contribution in [0.1, 0.15) is 5.56 Å². The van der Waals surface area contributed by atoms with Crippen molar-refractivity contribution in [2.75, 3.05) is 0 Å². The summed E-state index contributed by atoms with van der Waals surface area (Å²) in [6, 6.07) is 0. The van der Waals surface area contributed by atoms with Crippen molar-refractivity contribution in [3.8, 4) is 0 Å². The van der Waals surface area contributed by atoms with Crippen molar-refractivity contribution in [3.05, 3.63) is 15.3 Å². The Hall–Kier alpha value is -0.630. The summed E-state index contributed by atoms with van der Waals surface area (Å²) in [5.74, 6) is 0. The SMILES string of the molecule is Cc1csc(Cl)c1N=C=O. The summed E-state index contributed by atoms with van der Waals surface area (Å²) < 4.78 is 0.542. The number of rotatable bonds is 1. The van der Waals surface area contributed by atoms with Crippen LogP contribution in [0.2, 0.25) is 4.34 Å². The first-order valence-electron chi connectivity index (χ1n) is 2.57. The van der Waals surface area contributed by atoms with E-state index in [2.05, 4.69) is 4.99 Å². The highest BCUT2D eigenvalue weighted by Crippen LogP contribution is 2.34. The van der Waals surface area contributed by atoms with Crippen LogP contribution < -0.4 is 0 Å². The number of nitrogens with zero attached hydrogens (tertiary/aromatic N) is 1. The lowest BCUT2D eigenvalue weighted by Crippen LogP contribution is -1.62. The van der Waals surface area contributed by atoms with Gasteiger partial charge in [0.05, 0.1) is 0 Å². The number of thiophene rings is 1. The van der Waals surface area contributed by atoms with Gasteiger partial charge in [-0.1, -0.05) is 11.6 Å². The summed E-state index contributed by atoms with van der Waals surface area (Å²) >= 11 is 7.03. The van der Waals surface area contributed by atoms with Crippen LogP contribution in [-0.2, 0) is 4.79 Å². The first-order chi connectivity index (χ1) is 4.75. The average molecular weight is 174 g/mol. The lowest BCUT2D eigenvalue weighted by molar-refractivity contribution is 0.565. The van der Waals surface area contributed by atoms with E-state index in [1.807, 2.05) is 12.3 Å². The molecular weight excluding hydrogens is 170 g/mol. The molecule has 0 saturated carbocycles. The lowest BCUT2D eigenvalue weighted by atomic mass is 10.3. The summed E-state index contributed by atoms with van der Waals surface area (Å²) in [5.41, 5.74) is 1.46. The largest absolute Gasteiger partial charge is 0.240 e. The number of hydrogen-bond acceptors (Lipinski definition) is 3. The van der Waals surface area contributed by atoms with Gasteiger partial charge in [0.25, 0.3) is 0 Å². The van der Waals surface area contributed by atoms with Crippen LogP contribution in [0.25, 0.3) is 0 Å². The van der Waals surface area contributed by atoms with E-state index in [0.29, 0.717) is 10.0 Å². The molecule has 52 valence electrons. The molecule has 2 nitrogen and oxygen atoms in total. The molecule has 0 bridgehead atoms. The zero-order valence-corrected chi connectivity index (χ0v) is 6.79. The third-order valence-electron chi connectivity index (χ3n) is 1.06. The molecule has 0 aliphatic rings. The van der Waals surface area contributed by atoms with E-state index < -0.39 is 0 Å². The third kappa shape index (κ3) is 1.27. The molecule has 0 atom stereocenters. The summed E-state index contributed by atoms with van der Waals surface area (Å²) in [5, 5.41) is 1.85. The number of isocyanates is 1. The third-order valence-corrected chi connectivity index (χ3v) is 2.37. The van der Waals surface area contributed by atoms with Gasteiger partial charge in [-0.3, -0.25) is 0 Å². The first kappa shape index (κ1) is 7.48. The average Bonchev–Trinajstić information content (AvgIpc) is 2.20. The zero-order chi connectivity index (χ0) is 7.56. The maximum Gasteiger partial charge on any atom is 0.240 e. The second-order valence-corrected chi connectivity index (χ2v) is 3.23. The molecule has 0 aromatic carbocycles. The molecule has 0 N–H and O–H groups in total. The fraction of sp³-hybridized carbons (Fsp3) is 0.167. The number of hydrogen-bond donors (Lipinski definition) is 0. The van der Waals surface area contributed by atoms with E-state index in [9.17, 15) is 4.79 Å². The predicted molar refractivity (Wildman–Crippen MR) is 41.8 cm³/mol. The van der Waals surface area contributed by atoms with Gasteiger partial charge in [-0.05, 0) is 17.9 Å². The molecule has 1 rings (SSSR count). The molecule has 0 radical (unpaired) electrons. The molecule has 1 aromatic heterocycles. The van der Waals surface area contributed by atoms with Gasteiger partial charge >= 0.3 is 0 Å². The number of halogens is 1. The highest BCUT2D eigenvalue weighted by Gasteiger charge is 2.03. The summed E-state index contributed by atoms with van der Waals surface area (Å²) in [7, 11) is 0. The van der Waals surface area contributed by atoms with Gasteiger partial charge in [0, 0.05) is 0 Å². The number of carbonyl (C=O) groups excluding carboxylic acids is 1. The minimum atomic E-state index is 0.542. The fourth-order valence-corrected chi connectivity index (χ4v) is 1.62. The van der Waals surface area contributed by atoms with E-state index >= 15 is 0 Å². The van der Waals surface area contributed by atoms with Gasteiger partial charge in [0.15, 0.2) is 0 Å². The first-order valence-corrected chi connectivity index (χ1v) is 3.83. The quantitative estimate of drug-likeness (QED) is 0.474. The van der Waals surface area contributed by atoms with Crippen molar-refractivity contribution >= 4 is 34.7 Å². The Morgan fingerprint density at radius 2 is 2.50 bits per heavy atom. The van der Waals surface area contributed by atoms with E-state index in [1.165, 1.54) is 17.4 Å². The monoisotopic (exact) mass is 173 g/mol. The molecule has 1 heterocycles. The van der Waals surface area contributed by atoms with Crippen molar-refractivity contribution in [1.29, 1.82) is 0 Å². The standard InChI is InChI=1S/C6H4ClNOS/c1-4-2-10-6(7)5(4)8-3-9/h2H,1H3. The second kappa shape index (κ2) is 2.97. The minimum absolute atomic E-state index is 0.542. The van der Waals surface area contributed by atoms with Crippen LogP contribution in [0.4, 0.5) is 5.69 Å². The maximum absolute atomic E-state index is 9.83. The molecule has 10 heavy (non-hydrogen) atoms. The molecule has 0 unspecified atom stereocenters. The van der Waals surface area contributed by atoms with Crippen molar-refractivity contribution in [2.24, 2.45) is 4.99 Å². The Kier molecular flexibility index (Phi) is 2.22. The molecule has 0 aliphatic heterocycles. The van der Waals surface area contributed by atoms with Crippen LogP contribution >= 0.6 is 22.9 Å². The second-order valence-electron chi connectivity index (χ2n) is 1.74. The topological polar surface area (TPSA) is 29.4 Å². The fourth-order valence-electron chi connectivity index (χ4n) is 0.585. The molecule has 1 aromatic rings. The van der Waals surface area contributed by atoms with E-state index in [1.54, 1.807) is 0 Å². The summed E-state index contributed by atoms with van der Waals surface area (Å²) in [4.78, 5) is 13.3. The van der Waals surface area contributed by atoms with E-state index in [4.69, 9.17) is 11.6 Å². The molecule has 0 saturated heterocycles. The Morgan fingerprint density at radius 3 is 2.90 bits per heavy atom. The van der Waals surface area contributed by atoms with Gasteiger partial charge in [0.2, 0.25) is 6.08 Å². The van der Waals surface area contributed by atoms with Gasteiger partial charge in [0.1, 0.15) is 10.0 Å². The molecule has 0 spiro atoms. The predicted octanol–water partition coefficient (Wildman–Crippen LogP) is 2.68. The Balaban J connectivity index is 3.22. The van der Waals surface area contributed by atoms with E-state index in [0.717, 1.165) is 5.56 Å². The Bertz CT molecular complexity index is 268. The van der Waals surface area contributed by atoms with Crippen LogP contribution in [0.15, 0.2) is 10.4 Å². The van der Waals surface area contributed by atoms with Crippen molar-refractivity contribution in [1.82, 2.24) is 0 Å². The molecular formula is C6H4ClNOS. The molecule has 4 heteroatoms.